The highest BCUT2D eigenvalue weighted by Crippen LogP contribution is 2.23. The molecule has 11 heteroatoms. The smallest absolute Gasteiger partial charge is 0.317 e. The van der Waals surface area contributed by atoms with Crippen LogP contribution in [0, 0.1) is 0 Å². The molecule has 0 saturated carbocycles. The molecule has 0 spiro atoms. The Morgan fingerprint density at radius 2 is 1.81 bits per heavy atom. The van der Waals surface area contributed by atoms with E-state index in [9.17, 15) is 22.8 Å². The van der Waals surface area contributed by atoms with Gasteiger partial charge < -0.3 is 5.32 Å². The van der Waals surface area contributed by atoms with Gasteiger partial charge >= 0.3 is 12.1 Å². The van der Waals surface area contributed by atoms with Crippen molar-refractivity contribution in [2.24, 2.45) is 0 Å². The number of carbonyl (C=O) groups is 2. The van der Waals surface area contributed by atoms with Crippen LogP contribution < -0.4 is 10.6 Å². The van der Waals surface area contributed by atoms with Crippen molar-refractivity contribution in [1.82, 2.24) is 15.0 Å². The van der Waals surface area contributed by atoms with Crippen LogP contribution in [-0.4, -0.2) is 32.9 Å². The maximum absolute atomic E-state index is 12.2. The van der Waals surface area contributed by atoms with Crippen molar-refractivity contribution in [3.63, 3.8) is 0 Å². The van der Waals surface area contributed by atoms with Crippen molar-refractivity contribution >= 4 is 34.0 Å². The van der Waals surface area contributed by atoms with Crippen molar-refractivity contribution in [2.75, 3.05) is 10.6 Å². The second kappa shape index (κ2) is 7.50. The third kappa shape index (κ3) is 4.64. The number of aromatic nitrogens is 3. The van der Waals surface area contributed by atoms with Crippen LogP contribution in [0.4, 0.5) is 24.0 Å². The highest BCUT2D eigenvalue weighted by molar-refractivity contribution is 7.14. The van der Waals surface area contributed by atoms with Gasteiger partial charge in [0.05, 0.1) is 17.6 Å². The molecule has 0 aliphatic heterocycles. The van der Waals surface area contributed by atoms with Gasteiger partial charge in [-0.05, 0) is 24.3 Å². The van der Waals surface area contributed by atoms with E-state index in [4.69, 9.17) is 0 Å². The summed E-state index contributed by atoms with van der Waals surface area (Å²) in [6, 6.07) is 7.69. The van der Waals surface area contributed by atoms with E-state index in [2.05, 4.69) is 20.3 Å². The molecule has 0 bridgehead atoms. The molecular weight excluding hydrogens is 383 g/mol. The molecule has 3 rings (SSSR count). The molecule has 7 nitrogen and oxygen atoms in total. The molecule has 0 aliphatic rings. The van der Waals surface area contributed by atoms with E-state index in [1.165, 1.54) is 17.4 Å². The highest BCUT2D eigenvalue weighted by atomic mass is 32.1. The van der Waals surface area contributed by atoms with Gasteiger partial charge in [-0.2, -0.15) is 13.2 Å². The zero-order valence-electron chi connectivity index (χ0n) is 13.3. The Hall–Kier alpha value is -3.34. The van der Waals surface area contributed by atoms with Gasteiger partial charge in [-0.1, -0.05) is 6.07 Å². The summed E-state index contributed by atoms with van der Waals surface area (Å²) in [6.45, 7) is 0. The summed E-state index contributed by atoms with van der Waals surface area (Å²) in [5, 5.41) is 6.23. The Bertz CT molecular complexity index is 958. The van der Waals surface area contributed by atoms with E-state index in [0.717, 1.165) is 12.3 Å². The van der Waals surface area contributed by atoms with Gasteiger partial charge in [-0.25, -0.2) is 9.97 Å². The molecule has 0 fully saturated rings. The van der Waals surface area contributed by atoms with E-state index in [0.29, 0.717) is 16.5 Å². The minimum atomic E-state index is -5.01. The topological polar surface area (TPSA) is 96.9 Å². The average Bonchev–Trinajstić information content (AvgIpc) is 3.10. The Balaban J connectivity index is 1.65. The quantitative estimate of drug-likeness (QED) is 0.709. The van der Waals surface area contributed by atoms with Gasteiger partial charge in [0, 0.05) is 11.6 Å². The lowest BCUT2D eigenvalue weighted by Gasteiger charge is -2.08. The predicted molar refractivity (Wildman–Crippen MR) is 92.2 cm³/mol. The number of thiazole rings is 1. The number of halogens is 3. The Labute approximate surface area is 154 Å². The lowest BCUT2D eigenvalue weighted by Crippen LogP contribution is -2.30. The minimum absolute atomic E-state index is 0.0467. The number of carbonyl (C=O) groups excluding carboxylic acids is 2. The van der Waals surface area contributed by atoms with Crippen molar-refractivity contribution in [3.05, 3.63) is 53.8 Å². The summed E-state index contributed by atoms with van der Waals surface area (Å²) >= 11 is 1.19. The largest absolute Gasteiger partial charge is 0.471 e. The van der Waals surface area contributed by atoms with E-state index < -0.39 is 18.0 Å². The first-order chi connectivity index (χ1) is 12.8. The standard InChI is InChI=1S/C16H10F3N5O2S/c17-16(18,19)14(26)22-9-4-5-11(21-7-9)13(25)24-15-23-12(8-27-15)10-3-1-2-6-20-10/h1-8H,(H,22,26)(H,23,24,25). The number of rotatable bonds is 4. The SMILES string of the molecule is O=C(Nc1nc(-c2ccccn2)cs1)c1ccc(NC(=O)C(F)(F)F)cn1. The fourth-order valence-corrected chi connectivity index (χ4v) is 2.63. The monoisotopic (exact) mass is 393 g/mol. The third-order valence-electron chi connectivity index (χ3n) is 3.16. The number of anilines is 2. The molecule has 0 aliphatic carbocycles. The number of pyridine rings is 2. The molecule has 27 heavy (non-hydrogen) atoms. The zero-order valence-corrected chi connectivity index (χ0v) is 14.1. The van der Waals surface area contributed by atoms with Crippen LogP contribution in [0.5, 0.6) is 0 Å². The third-order valence-corrected chi connectivity index (χ3v) is 3.92. The summed E-state index contributed by atoms with van der Waals surface area (Å²) in [5.41, 5.74) is 1.02. The van der Waals surface area contributed by atoms with Crippen LogP contribution in [0.3, 0.4) is 0 Å². The van der Waals surface area contributed by atoms with Crippen LogP contribution in [0.1, 0.15) is 10.5 Å². The van der Waals surface area contributed by atoms with Crippen LogP contribution in [0.25, 0.3) is 11.4 Å². The Morgan fingerprint density at radius 3 is 2.44 bits per heavy atom. The van der Waals surface area contributed by atoms with Gasteiger partial charge in [-0.3, -0.25) is 19.9 Å². The first kappa shape index (κ1) is 18.5. The lowest BCUT2D eigenvalue weighted by atomic mass is 10.3. The van der Waals surface area contributed by atoms with Crippen LogP contribution in [-0.2, 0) is 4.79 Å². The maximum atomic E-state index is 12.2. The molecule has 3 heterocycles. The van der Waals surface area contributed by atoms with E-state index >= 15 is 0 Å². The number of amides is 2. The Kier molecular flexibility index (Phi) is 5.12. The molecule has 0 aromatic carbocycles. The predicted octanol–water partition coefficient (Wildman–Crippen LogP) is 3.35. The molecule has 0 unspecified atom stereocenters. The zero-order chi connectivity index (χ0) is 19.4. The van der Waals surface area contributed by atoms with Crippen molar-refractivity contribution in [1.29, 1.82) is 0 Å². The van der Waals surface area contributed by atoms with Crippen LogP contribution in [0.2, 0.25) is 0 Å². The van der Waals surface area contributed by atoms with E-state index in [1.807, 2.05) is 6.07 Å². The van der Waals surface area contributed by atoms with Gasteiger partial charge in [0.15, 0.2) is 5.13 Å². The fourth-order valence-electron chi connectivity index (χ4n) is 1.93. The molecule has 0 saturated heterocycles. The first-order valence-corrected chi connectivity index (χ1v) is 8.23. The molecule has 3 aromatic rings. The normalized spacial score (nSPS) is 11.1. The van der Waals surface area contributed by atoms with Crippen molar-refractivity contribution in [3.8, 4) is 11.4 Å². The number of alkyl halides is 3. The minimum Gasteiger partial charge on any atom is -0.317 e. The summed E-state index contributed by atoms with van der Waals surface area (Å²) in [7, 11) is 0. The number of nitrogens with one attached hydrogen (secondary N) is 2. The summed E-state index contributed by atoms with van der Waals surface area (Å²) in [5.74, 6) is -2.71. The molecular formula is C16H10F3N5O2S. The van der Waals surface area contributed by atoms with Crippen molar-refractivity contribution < 1.29 is 22.8 Å². The molecule has 0 atom stereocenters. The second-order valence-corrected chi connectivity index (χ2v) is 5.95. The highest BCUT2D eigenvalue weighted by Gasteiger charge is 2.38. The first-order valence-electron chi connectivity index (χ1n) is 7.35. The maximum Gasteiger partial charge on any atom is 0.471 e. The summed E-state index contributed by atoms with van der Waals surface area (Å²) in [6.07, 6.45) is -2.43. The number of hydrogen-bond acceptors (Lipinski definition) is 6. The molecule has 3 aromatic heterocycles. The molecule has 138 valence electrons. The summed E-state index contributed by atoms with van der Waals surface area (Å²) in [4.78, 5) is 35.2. The molecule has 0 radical (unpaired) electrons. The van der Waals surface area contributed by atoms with Crippen LogP contribution in [0.15, 0.2) is 48.1 Å². The molecule has 2 N–H and O–H groups in total. The average molecular weight is 393 g/mol. The fraction of sp³-hybridized carbons (Fsp3) is 0.0625. The number of hydrogen-bond donors (Lipinski definition) is 2. The Morgan fingerprint density at radius 1 is 1.00 bits per heavy atom. The number of nitrogens with zero attached hydrogens (tertiary/aromatic N) is 3. The summed E-state index contributed by atoms with van der Waals surface area (Å²) < 4.78 is 36.6. The van der Waals surface area contributed by atoms with Gasteiger partial charge in [0.25, 0.3) is 5.91 Å². The van der Waals surface area contributed by atoms with Gasteiger partial charge in [0.2, 0.25) is 0 Å². The van der Waals surface area contributed by atoms with Crippen molar-refractivity contribution in [2.45, 2.75) is 6.18 Å². The van der Waals surface area contributed by atoms with E-state index in [-0.39, 0.29) is 11.4 Å². The van der Waals surface area contributed by atoms with E-state index in [1.54, 1.807) is 29.0 Å². The van der Waals surface area contributed by atoms with Gasteiger partial charge in [0.1, 0.15) is 11.4 Å². The lowest BCUT2D eigenvalue weighted by molar-refractivity contribution is -0.167. The second-order valence-electron chi connectivity index (χ2n) is 5.09. The van der Waals surface area contributed by atoms with Crippen LogP contribution >= 0.6 is 11.3 Å². The van der Waals surface area contributed by atoms with Gasteiger partial charge in [-0.15, -0.1) is 11.3 Å². The molecule has 2 amide bonds.